The Bertz CT molecular complexity index is 648. The summed E-state index contributed by atoms with van der Waals surface area (Å²) in [6, 6.07) is 6.38. The lowest BCUT2D eigenvalue weighted by atomic mass is 9.78. The van der Waals surface area contributed by atoms with Gasteiger partial charge in [-0.05, 0) is 33.8 Å². The molecular formula is C17H25BN2O6. The summed E-state index contributed by atoms with van der Waals surface area (Å²) in [6.45, 7) is 8.11. The fourth-order valence-corrected chi connectivity index (χ4v) is 2.29. The van der Waals surface area contributed by atoms with Crippen LogP contribution in [0.25, 0.3) is 0 Å². The number of methoxy groups -OCH3 is 1. The molecule has 142 valence electrons. The number of para-hydroxylation sites is 1. The molecule has 1 aliphatic heterocycles. The largest absolute Gasteiger partial charge is 0.496 e. The highest BCUT2D eigenvalue weighted by atomic mass is 16.7. The molecule has 1 heterocycles. The van der Waals surface area contributed by atoms with Gasteiger partial charge in [-0.25, -0.2) is 14.9 Å². The van der Waals surface area contributed by atoms with Gasteiger partial charge < -0.3 is 24.1 Å². The maximum Gasteiger partial charge on any atom is 0.496 e. The molecule has 1 saturated heterocycles. The van der Waals surface area contributed by atoms with Crippen molar-refractivity contribution < 1.29 is 28.4 Å². The van der Waals surface area contributed by atoms with Crippen molar-refractivity contribution in [2.45, 2.75) is 38.9 Å². The van der Waals surface area contributed by atoms with Crippen molar-refractivity contribution in [1.82, 2.24) is 5.32 Å². The Morgan fingerprint density at radius 3 is 2.31 bits per heavy atom. The minimum absolute atomic E-state index is 0.0557. The van der Waals surface area contributed by atoms with Gasteiger partial charge in [0, 0.05) is 18.3 Å². The lowest BCUT2D eigenvalue weighted by Crippen LogP contribution is -2.41. The molecular weight excluding hydrogens is 339 g/mol. The summed E-state index contributed by atoms with van der Waals surface area (Å²) >= 11 is 0. The molecule has 0 spiro atoms. The van der Waals surface area contributed by atoms with Crippen LogP contribution >= 0.6 is 0 Å². The molecule has 0 bridgehead atoms. The van der Waals surface area contributed by atoms with E-state index in [4.69, 9.17) is 18.8 Å². The first-order valence-corrected chi connectivity index (χ1v) is 8.34. The monoisotopic (exact) mass is 364 g/mol. The molecule has 0 atom stereocenters. The Hall–Kier alpha value is -2.10. The average Bonchev–Trinajstić information content (AvgIpc) is 2.76. The molecule has 1 aromatic rings. The first-order valence-electron chi connectivity index (χ1n) is 8.34. The van der Waals surface area contributed by atoms with Crippen molar-refractivity contribution in [3.8, 4) is 0 Å². The molecule has 1 aliphatic rings. The van der Waals surface area contributed by atoms with Crippen LogP contribution in [0.5, 0.6) is 0 Å². The van der Waals surface area contributed by atoms with Crippen LogP contribution in [-0.4, -0.2) is 50.8 Å². The predicted molar refractivity (Wildman–Crippen MR) is 97.5 cm³/mol. The Kier molecular flexibility index (Phi) is 6.28. The summed E-state index contributed by atoms with van der Waals surface area (Å²) in [5.74, 6) is 0. The minimum Gasteiger partial charge on any atom is -0.447 e. The van der Waals surface area contributed by atoms with Gasteiger partial charge in [0.1, 0.15) is 6.61 Å². The van der Waals surface area contributed by atoms with E-state index in [0.29, 0.717) is 11.2 Å². The van der Waals surface area contributed by atoms with Crippen LogP contribution in [-0.2, 0) is 18.8 Å². The normalized spacial score (nSPS) is 17.7. The van der Waals surface area contributed by atoms with Gasteiger partial charge in [0.2, 0.25) is 0 Å². The minimum atomic E-state index is -0.854. The highest BCUT2D eigenvalue weighted by Gasteiger charge is 2.52. The summed E-state index contributed by atoms with van der Waals surface area (Å²) in [5.41, 5.74) is 0.137. The van der Waals surface area contributed by atoms with Crippen molar-refractivity contribution in [2.75, 3.05) is 25.6 Å². The Labute approximate surface area is 153 Å². The van der Waals surface area contributed by atoms with E-state index in [1.165, 1.54) is 7.11 Å². The number of carbonyl (C=O) groups excluding carboxylic acids is 2. The van der Waals surface area contributed by atoms with Gasteiger partial charge >= 0.3 is 19.2 Å². The van der Waals surface area contributed by atoms with Gasteiger partial charge in [-0.2, -0.15) is 0 Å². The number of anilines is 1. The molecule has 0 unspecified atom stereocenters. The third kappa shape index (κ3) is 4.75. The molecule has 3 amide bonds. The smallest absolute Gasteiger partial charge is 0.447 e. The summed E-state index contributed by atoms with van der Waals surface area (Å²) in [7, 11) is 0.853. The van der Waals surface area contributed by atoms with E-state index in [0.717, 1.165) is 0 Å². The number of benzene rings is 1. The van der Waals surface area contributed by atoms with Crippen LogP contribution in [0.3, 0.4) is 0 Å². The zero-order valence-electron chi connectivity index (χ0n) is 15.8. The molecule has 0 aromatic heterocycles. The van der Waals surface area contributed by atoms with Crippen LogP contribution in [0, 0.1) is 0 Å². The fourth-order valence-electron chi connectivity index (χ4n) is 2.29. The maximum atomic E-state index is 12.0. The van der Waals surface area contributed by atoms with Gasteiger partial charge in [0.15, 0.2) is 0 Å². The SMILES string of the molecule is COCCOC(=O)NC(=O)Nc1ccccc1B1OC(C)(C)C(C)(C)O1. The van der Waals surface area contributed by atoms with Crippen LogP contribution < -0.4 is 16.1 Å². The van der Waals surface area contributed by atoms with Crippen molar-refractivity contribution >= 4 is 30.4 Å². The lowest BCUT2D eigenvalue weighted by molar-refractivity contribution is 0.00578. The van der Waals surface area contributed by atoms with Gasteiger partial charge in [-0.3, -0.25) is 0 Å². The first-order chi connectivity index (χ1) is 12.2. The molecule has 8 nitrogen and oxygen atoms in total. The van der Waals surface area contributed by atoms with Gasteiger partial charge in [-0.15, -0.1) is 0 Å². The van der Waals surface area contributed by atoms with Crippen molar-refractivity contribution in [1.29, 1.82) is 0 Å². The van der Waals surface area contributed by atoms with E-state index in [9.17, 15) is 9.59 Å². The van der Waals surface area contributed by atoms with E-state index in [2.05, 4.69) is 10.6 Å². The molecule has 1 fully saturated rings. The second-order valence-corrected chi connectivity index (χ2v) is 6.88. The highest BCUT2D eigenvalue weighted by Crippen LogP contribution is 2.36. The van der Waals surface area contributed by atoms with E-state index in [-0.39, 0.29) is 13.2 Å². The average molecular weight is 364 g/mol. The fraction of sp³-hybridized carbons (Fsp3) is 0.529. The third-order valence-electron chi connectivity index (χ3n) is 4.45. The molecule has 0 saturated carbocycles. The van der Waals surface area contributed by atoms with Crippen molar-refractivity contribution in [3.63, 3.8) is 0 Å². The Balaban J connectivity index is 2.03. The number of hydrogen-bond donors (Lipinski definition) is 2. The number of ether oxygens (including phenoxy) is 2. The number of nitrogens with one attached hydrogen (secondary N) is 2. The molecule has 2 N–H and O–H groups in total. The van der Waals surface area contributed by atoms with E-state index < -0.39 is 30.4 Å². The van der Waals surface area contributed by atoms with E-state index >= 15 is 0 Å². The number of carbonyl (C=O) groups is 2. The molecule has 0 aliphatic carbocycles. The van der Waals surface area contributed by atoms with E-state index in [1.807, 2.05) is 33.8 Å². The third-order valence-corrected chi connectivity index (χ3v) is 4.45. The molecule has 2 rings (SSSR count). The second kappa shape index (κ2) is 8.07. The zero-order valence-corrected chi connectivity index (χ0v) is 15.8. The molecule has 9 heteroatoms. The van der Waals surface area contributed by atoms with Gasteiger partial charge in [0.05, 0.1) is 17.8 Å². The van der Waals surface area contributed by atoms with Gasteiger partial charge in [0.25, 0.3) is 0 Å². The van der Waals surface area contributed by atoms with Crippen LogP contribution in [0.4, 0.5) is 15.3 Å². The zero-order chi connectivity index (χ0) is 19.4. The summed E-state index contributed by atoms with van der Waals surface area (Å²) in [6.07, 6.45) is -0.854. The molecule has 26 heavy (non-hydrogen) atoms. The topological polar surface area (TPSA) is 95.1 Å². The number of urea groups is 1. The van der Waals surface area contributed by atoms with E-state index in [1.54, 1.807) is 18.2 Å². The van der Waals surface area contributed by atoms with Crippen LogP contribution in [0.15, 0.2) is 24.3 Å². The lowest BCUT2D eigenvalue weighted by Gasteiger charge is -2.32. The van der Waals surface area contributed by atoms with Gasteiger partial charge in [-0.1, -0.05) is 18.2 Å². The number of amides is 3. The van der Waals surface area contributed by atoms with Crippen LogP contribution in [0.2, 0.25) is 0 Å². The van der Waals surface area contributed by atoms with Crippen molar-refractivity contribution in [2.24, 2.45) is 0 Å². The maximum absolute atomic E-state index is 12.0. The Morgan fingerprint density at radius 2 is 1.69 bits per heavy atom. The Morgan fingerprint density at radius 1 is 1.08 bits per heavy atom. The summed E-state index contributed by atoms with van der Waals surface area (Å²) in [5, 5.41) is 4.71. The first kappa shape index (κ1) is 20.2. The predicted octanol–water partition coefficient (Wildman–Crippen LogP) is 1.89. The standard InChI is InChI=1S/C17H25BN2O6/c1-16(2)17(3,4)26-18(25-16)12-8-6-7-9-13(12)19-14(21)20-15(22)24-11-10-23-5/h6-9H,10-11H2,1-5H3,(H2,19,20,21,22). The number of rotatable bonds is 5. The number of hydrogen-bond acceptors (Lipinski definition) is 6. The quantitative estimate of drug-likeness (QED) is 0.612. The highest BCUT2D eigenvalue weighted by molar-refractivity contribution is 6.64. The number of alkyl carbamates (subject to hydrolysis) is 1. The molecule has 1 aromatic carbocycles. The van der Waals surface area contributed by atoms with Crippen LogP contribution in [0.1, 0.15) is 27.7 Å². The summed E-state index contributed by atoms with van der Waals surface area (Å²) in [4.78, 5) is 23.6. The molecule has 0 radical (unpaired) electrons. The van der Waals surface area contributed by atoms with Crippen molar-refractivity contribution in [3.05, 3.63) is 24.3 Å². The second-order valence-electron chi connectivity index (χ2n) is 6.88. The number of imide groups is 1. The summed E-state index contributed by atoms with van der Waals surface area (Å²) < 4.78 is 21.6.